The first kappa shape index (κ1) is 20.1. The maximum Gasteiger partial charge on any atom is 0.271 e. The van der Waals surface area contributed by atoms with E-state index < -0.39 is 10.0 Å². The standard InChI is InChI=1S/C21H22N2O3S2/c1-15(2)17-7-5-16(6-8-17)14-22-21(24)18-9-11-19(12-10-18)23-28(25,26)20-4-3-13-27-20/h3-13,15,23H,14H2,1-2H3,(H,22,24). The van der Waals surface area contributed by atoms with E-state index in [1.54, 1.807) is 41.8 Å². The molecular weight excluding hydrogens is 392 g/mol. The minimum atomic E-state index is -3.59. The molecule has 2 N–H and O–H groups in total. The fourth-order valence-electron chi connectivity index (χ4n) is 2.62. The number of amides is 1. The van der Waals surface area contributed by atoms with Gasteiger partial charge in [0.2, 0.25) is 0 Å². The summed E-state index contributed by atoms with van der Waals surface area (Å²) in [6, 6.07) is 17.8. The van der Waals surface area contributed by atoms with Crippen LogP contribution in [0.2, 0.25) is 0 Å². The Bertz CT molecular complexity index is 1020. The Labute approximate surface area is 169 Å². The van der Waals surface area contributed by atoms with Crippen molar-refractivity contribution in [3.8, 4) is 0 Å². The molecule has 3 aromatic rings. The lowest BCUT2D eigenvalue weighted by atomic mass is 10.0. The number of carbonyl (C=O) groups excluding carboxylic acids is 1. The number of anilines is 1. The van der Waals surface area contributed by atoms with Crippen LogP contribution in [0, 0.1) is 0 Å². The number of benzene rings is 2. The number of nitrogens with one attached hydrogen (secondary N) is 2. The Morgan fingerprint density at radius 1 is 1.00 bits per heavy atom. The fraction of sp³-hybridized carbons (Fsp3) is 0.190. The van der Waals surface area contributed by atoms with E-state index in [0.29, 0.717) is 23.7 Å². The van der Waals surface area contributed by atoms with Gasteiger partial charge in [0, 0.05) is 17.8 Å². The highest BCUT2D eigenvalue weighted by Crippen LogP contribution is 2.20. The van der Waals surface area contributed by atoms with Crippen molar-refractivity contribution in [2.24, 2.45) is 0 Å². The van der Waals surface area contributed by atoms with Gasteiger partial charge in [-0.05, 0) is 52.8 Å². The highest BCUT2D eigenvalue weighted by atomic mass is 32.2. The molecular formula is C21H22N2O3S2. The predicted octanol–water partition coefficient (Wildman–Crippen LogP) is 4.60. The largest absolute Gasteiger partial charge is 0.348 e. The molecule has 2 aromatic carbocycles. The van der Waals surface area contributed by atoms with Gasteiger partial charge < -0.3 is 5.32 Å². The number of hydrogen-bond donors (Lipinski definition) is 2. The summed E-state index contributed by atoms with van der Waals surface area (Å²) in [5.41, 5.74) is 3.17. The van der Waals surface area contributed by atoms with E-state index in [9.17, 15) is 13.2 Å². The van der Waals surface area contributed by atoms with Crippen LogP contribution in [-0.2, 0) is 16.6 Å². The van der Waals surface area contributed by atoms with Crippen molar-refractivity contribution in [3.63, 3.8) is 0 Å². The zero-order chi connectivity index (χ0) is 20.1. The summed E-state index contributed by atoms with van der Waals surface area (Å²) in [5.74, 6) is 0.264. The Balaban J connectivity index is 1.59. The lowest BCUT2D eigenvalue weighted by molar-refractivity contribution is 0.0951. The second kappa shape index (κ2) is 8.58. The molecule has 28 heavy (non-hydrogen) atoms. The van der Waals surface area contributed by atoms with Crippen LogP contribution in [0.25, 0.3) is 0 Å². The second-order valence-corrected chi connectivity index (χ2v) is 9.55. The average molecular weight is 415 g/mol. The summed E-state index contributed by atoms with van der Waals surface area (Å²) in [5, 5.41) is 4.58. The molecule has 146 valence electrons. The van der Waals surface area contributed by atoms with Gasteiger partial charge in [0.05, 0.1) is 0 Å². The molecule has 0 aliphatic carbocycles. The van der Waals surface area contributed by atoms with E-state index in [1.165, 1.54) is 5.56 Å². The van der Waals surface area contributed by atoms with E-state index in [2.05, 4.69) is 36.0 Å². The molecule has 0 unspecified atom stereocenters. The number of hydrogen-bond acceptors (Lipinski definition) is 4. The van der Waals surface area contributed by atoms with Crippen molar-refractivity contribution in [1.29, 1.82) is 0 Å². The Hall–Kier alpha value is -2.64. The third kappa shape index (κ3) is 4.99. The molecule has 0 bridgehead atoms. The molecule has 3 rings (SSSR count). The lowest BCUT2D eigenvalue weighted by Crippen LogP contribution is -2.22. The maximum absolute atomic E-state index is 12.3. The summed E-state index contributed by atoms with van der Waals surface area (Å²) < 4.78 is 27.2. The monoisotopic (exact) mass is 414 g/mol. The summed E-state index contributed by atoms with van der Waals surface area (Å²) >= 11 is 1.15. The molecule has 0 radical (unpaired) electrons. The van der Waals surface area contributed by atoms with Gasteiger partial charge in [-0.15, -0.1) is 11.3 Å². The van der Waals surface area contributed by atoms with Crippen LogP contribution < -0.4 is 10.0 Å². The minimum absolute atomic E-state index is 0.208. The van der Waals surface area contributed by atoms with Crippen LogP contribution >= 0.6 is 11.3 Å². The van der Waals surface area contributed by atoms with E-state index in [0.717, 1.165) is 16.9 Å². The number of thiophene rings is 1. The van der Waals surface area contributed by atoms with Gasteiger partial charge in [0.25, 0.3) is 15.9 Å². The van der Waals surface area contributed by atoms with Gasteiger partial charge in [-0.1, -0.05) is 44.2 Å². The van der Waals surface area contributed by atoms with Crippen LogP contribution in [0.15, 0.2) is 70.3 Å². The van der Waals surface area contributed by atoms with Crippen molar-refractivity contribution in [1.82, 2.24) is 5.32 Å². The molecule has 0 aliphatic rings. The zero-order valence-electron chi connectivity index (χ0n) is 15.7. The van der Waals surface area contributed by atoms with Crippen LogP contribution in [0.3, 0.4) is 0 Å². The number of carbonyl (C=O) groups is 1. The molecule has 1 amide bonds. The van der Waals surface area contributed by atoms with Crippen LogP contribution in [0.5, 0.6) is 0 Å². The van der Waals surface area contributed by atoms with E-state index in [4.69, 9.17) is 0 Å². The van der Waals surface area contributed by atoms with Crippen molar-refractivity contribution >= 4 is 33.0 Å². The topological polar surface area (TPSA) is 75.3 Å². The quantitative estimate of drug-likeness (QED) is 0.593. The zero-order valence-corrected chi connectivity index (χ0v) is 17.3. The molecule has 0 spiro atoms. The summed E-state index contributed by atoms with van der Waals surface area (Å²) in [6.45, 7) is 4.71. The normalized spacial score (nSPS) is 11.4. The summed E-state index contributed by atoms with van der Waals surface area (Å²) in [6.07, 6.45) is 0. The highest BCUT2D eigenvalue weighted by Gasteiger charge is 2.15. The highest BCUT2D eigenvalue weighted by molar-refractivity contribution is 7.94. The van der Waals surface area contributed by atoms with Gasteiger partial charge >= 0.3 is 0 Å². The second-order valence-electron chi connectivity index (χ2n) is 6.69. The van der Waals surface area contributed by atoms with Crippen molar-refractivity contribution < 1.29 is 13.2 Å². The molecule has 0 aliphatic heterocycles. The summed E-state index contributed by atoms with van der Waals surface area (Å²) in [4.78, 5) is 12.3. The van der Waals surface area contributed by atoms with Crippen LogP contribution in [0.1, 0.15) is 41.3 Å². The molecule has 7 heteroatoms. The van der Waals surface area contributed by atoms with E-state index in [-0.39, 0.29) is 10.1 Å². The van der Waals surface area contributed by atoms with Gasteiger partial charge in [-0.2, -0.15) is 0 Å². The van der Waals surface area contributed by atoms with Gasteiger partial charge in [0.15, 0.2) is 0 Å². The molecule has 0 saturated carbocycles. The maximum atomic E-state index is 12.3. The predicted molar refractivity (Wildman–Crippen MR) is 113 cm³/mol. The van der Waals surface area contributed by atoms with Crippen molar-refractivity contribution in [2.75, 3.05) is 4.72 Å². The first-order valence-corrected chi connectivity index (χ1v) is 11.2. The van der Waals surface area contributed by atoms with Crippen LogP contribution in [-0.4, -0.2) is 14.3 Å². The molecule has 5 nitrogen and oxygen atoms in total. The lowest BCUT2D eigenvalue weighted by Gasteiger charge is -2.09. The smallest absolute Gasteiger partial charge is 0.271 e. The van der Waals surface area contributed by atoms with Crippen molar-refractivity contribution in [3.05, 3.63) is 82.7 Å². The fourth-order valence-corrected chi connectivity index (χ4v) is 4.67. The minimum Gasteiger partial charge on any atom is -0.348 e. The number of rotatable bonds is 7. The van der Waals surface area contributed by atoms with Crippen LogP contribution in [0.4, 0.5) is 5.69 Å². The van der Waals surface area contributed by atoms with Gasteiger partial charge in [0.1, 0.15) is 4.21 Å². The van der Waals surface area contributed by atoms with Gasteiger partial charge in [-0.25, -0.2) is 8.42 Å². The first-order chi connectivity index (χ1) is 13.3. The Morgan fingerprint density at radius 2 is 1.68 bits per heavy atom. The van der Waals surface area contributed by atoms with E-state index >= 15 is 0 Å². The average Bonchev–Trinajstić information content (AvgIpc) is 3.22. The van der Waals surface area contributed by atoms with Crippen molar-refractivity contribution in [2.45, 2.75) is 30.5 Å². The molecule has 0 saturated heterocycles. The SMILES string of the molecule is CC(C)c1ccc(CNC(=O)c2ccc(NS(=O)(=O)c3cccs3)cc2)cc1. The van der Waals surface area contributed by atoms with E-state index in [1.807, 2.05) is 12.1 Å². The first-order valence-electron chi connectivity index (χ1n) is 8.88. The Kier molecular flexibility index (Phi) is 6.16. The third-order valence-electron chi connectivity index (χ3n) is 4.26. The molecule has 1 aromatic heterocycles. The Morgan fingerprint density at radius 3 is 2.25 bits per heavy atom. The third-order valence-corrected chi connectivity index (χ3v) is 7.04. The molecule has 1 heterocycles. The molecule has 0 atom stereocenters. The number of sulfonamides is 1. The summed E-state index contributed by atoms with van der Waals surface area (Å²) in [7, 11) is -3.59. The van der Waals surface area contributed by atoms with Gasteiger partial charge in [-0.3, -0.25) is 9.52 Å². The molecule has 0 fully saturated rings.